The summed E-state index contributed by atoms with van der Waals surface area (Å²) in [6.45, 7) is 4.33. The molecule has 2 aromatic rings. The zero-order valence-corrected chi connectivity index (χ0v) is 10.1. The maximum Gasteiger partial charge on any atom is 0.0648 e. The Bertz CT molecular complexity index is 492. The smallest absolute Gasteiger partial charge is 0.0648 e. The lowest BCUT2D eigenvalue weighted by molar-refractivity contribution is 0.761. The lowest BCUT2D eigenvalue weighted by atomic mass is 9.98. The molecule has 0 radical (unpaired) electrons. The van der Waals surface area contributed by atoms with Gasteiger partial charge in [0.25, 0.3) is 0 Å². The molecule has 0 bridgehead atoms. The van der Waals surface area contributed by atoms with Gasteiger partial charge in [-0.25, -0.2) is 4.68 Å². The van der Waals surface area contributed by atoms with Gasteiger partial charge in [-0.15, -0.1) is 0 Å². The molecule has 2 heterocycles. The summed E-state index contributed by atoms with van der Waals surface area (Å²) >= 11 is 0. The number of hydrogen-bond donors (Lipinski definition) is 1. The highest BCUT2D eigenvalue weighted by molar-refractivity contribution is 5.36. The van der Waals surface area contributed by atoms with Crippen molar-refractivity contribution in [2.45, 2.75) is 19.3 Å². The number of nitrogens with one attached hydrogen (secondary N) is 1. The molecule has 1 fully saturated rings. The van der Waals surface area contributed by atoms with E-state index in [9.17, 15) is 0 Å². The molecular formula is C14H17N3. The van der Waals surface area contributed by atoms with Gasteiger partial charge in [0.2, 0.25) is 0 Å². The summed E-state index contributed by atoms with van der Waals surface area (Å²) in [5.74, 6) is 0.683. The Hall–Kier alpha value is -1.61. The van der Waals surface area contributed by atoms with Gasteiger partial charge in [0.1, 0.15) is 0 Å². The number of rotatable bonds is 2. The highest BCUT2D eigenvalue weighted by Crippen LogP contribution is 2.23. The fourth-order valence-corrected chi connectivity index (χ4v) is 2.47. The predicted molar refractivity (Wildman–Crippen MR) is 68.5 cm³/mol. The Balaban J connectivity index is 1.87. The van der Waals surface area contributed by atoms with Gasteiger partial charge in [0, 0.05) is 18.4 Å². The number of hydrogen-bond acceptors (Lipinski definition) is 2. The van der Waals surface area contributed by atoms with E-state index in [4.69, 9.17) is 0 Å². The van der Waals surface area contributed by atoms with E-state index in [2.05, 4.69) is 41.6 Å². The first kappa shape index (κ1) is 10.5. The van der Waals surface area contributed by atoms with Gasteiger partial charge >= 0.3 is 0 Å². The van der Waals surface area contributed by atoms with Crippen molar-refractivity contribution in [3.05, 3.63) is 47.8 Å². The molecule has 1 aliphatic rings. The maximum absolute atomic E-state index is 4.32. The van der Waals surface area contributed by atoms with E-state index < -0.39 is 0 Å². The van der Waals surface area contributed by atoms with E-state index in [0.717, 1.165) is 18.8 Å². The lowest BCUT2D eigenvalue weighted by Gasteiger charge is -2.10. The van der Waals surface area contributed by atoms with Crippen molar-refractivity contribution in [2.24, 2.45) is 0 Å². The molecule has 1 aromatic carbocycles. The fourth-order valence-electron chi connectivity index (χ4n) is 2.47. The third-order valence-corrected chi connectivity index (χ3v) is 3.50. The predicted octanol–water partition coefficient (Wildman–Crippen LogP) is 2.26. The van der Waals surface area contributed by atoms with E-state index in [1.165, 1.54) is 17.7 Å². The molecule has 0 saturated carbocycles. The highest BCUT2D eigenvalue weighted by atomic mass is 15.3. The minimum Gasteiger partial charge on any atom is -0.316 e. The zero-order chi connectivity index (χ0) is 11.7. The van der Waals surface area contributed by atoms with E-state index in [-0.39, 0.29) is 0 Å². The number of aromatic nitrogens is 2. The van der Waals surface area contributed by atoms with Crippen molar-refractivity contribution >= 4 is 0 Å². The average Bonchev–Trinajstić information content (AvgIpc) is 3.00. The van der Waals surface area contributed by atoms with Gasteiger partial charge in [-0.05, 0) is 49.6 Å². The van der Waals surface area contributed by atoms with Gasteiger partial charge in [0.05, 0.1) is 5.69 Å². The van der Waals surface area contributed by atoms with Crippen molar-refractivity contribution in [1.29, 1.82) is 0 Å². The van der Waals surface area contributed by atoms with Gasteiger partial charge in [-0.2, -0.15) is 5.10 Å². The Morgan fingerprint density at radius 1 is 1.24 bits per heavy atom. The molecule has 17 heavy (non-hydrogen) atoms. The van der Waals surface area contributed by atoms with Crippen LogP contribution in [0.2, 0.25) is 0 Å². The van der Waals surface area contributed by atoms with Crippen LogP contribution < -0.4 is 5.32 Å². The largest absolute Gasteiger partial charge is 0.316 e. The lowest BCUT2D eigenvalue weighted by Crippen LogP contribution is -2.08. The number of aryl methyl sites for hydroxylation is 1. The number of nitrogens with zero attached hydrogens (tertiary/aromatic N) is 2. The summed E-state index contributed by atoms with van der Waals surface area (Å²) in [6.07, 6.45) is 3.09. The topological polar surface area (TPSA) is 29.9 Å². The summed E-state index contributed by atoms with van der Waals surface area (Å²) in [7, 11) is 0. The molecule has 1 atom stereocenters. The molecule has 1 aromatic heterocycles. The minimum absolute atomic E-state index is 0.683. The van der Waals surface area contributed by atoms with Crippen LogP contribution in [0.3, 0.4) is 0 Å². The van der Waals surface area contributed by atoms with Crippen molar-refractivity contribution < 1.29 is 0 Å². The van der Waals surface area contributed by atoms with Crippen LogP contribution in [-0.2, 0) is 0 Å². The Morgan fingerprint density at radius 3 is 2.65 bits per heavy atom. The van der Waals surface area contributed by atoms with Crippen LogP contribution in [0.4, 0.5) is 0 Å². The molecular weight excluding hydrogens is 210 g/mol. The fraction of sp³-hybridized carbons (Fsp3) is 0.357. The van der Waals surface area contributed by atoms with Crippen LogP contribution in [0, 0.1) is 6.92 Å². The summed E-state index contributed by atoms with van der Waals surface area (Å²) < 4.78 is 1.97. The highest BCUT2D eigenvalue weighted by Gasteiger charge is 2.16. The van der Waals surface area contributed by atoms with Gasteiger partial charge < -0.3 is 5.32 Å². The molecule has 3 nitrogen and oxygen atoms in total. The Kier molecular flexibility index (Phi) is 2.69. The van der Waals surface area contributed by atoms with E-state index in [1.54, 1.807) is 0 Å². The van der Waals surface area contributed by atoms with Crippen molar-refractivity contribution in [3.8, 4) is 5.69 Å². The molecule has 3 rings (SSSR count). The SMILES string of the molecule is Cc1ccnn1-c1ccc(C2CCNC2)cc1. The second kappa shape index (κ2) is 4.34. The molecule has 0 aliphatic carbocycles. The third-order valence-electron chi connectivity index (χ3n) is 3.50. The monoisotopic (exact) mass is 227 g/mol. The maximum atomic E-state index is 4.32. The molecule has 88 valence electrons. The average molecular weight is 227 g/mol. The molecule has 1 saturated heterocycles. The first-order valence-corrected chi connectivity index (χ1v) is 6.16. The summed E-state index contributed by atoms with van der Waals surface area (Å²) in [5.41, 5.74) is 3.74. The Labute approximate surface area is 101 Å². The van der Waals surface area contributed by atoms with E-state index in [0.29, 0.717) is 5.92 Å². The van der Waals surface area contributed by atoms with Crippen LogP contribution in [0.1, 0.15) is 23.6 Å². The first-order chi connectivity index (χ1) is 8.34. The van der Waals surface area contributed by atoms with Gasteiger partial charge in [0.15, 0.2) is 0 Å². The van der Waals surface area contributed by atoms with Crippen molar-refractivity contribution in [1.82, 2.24) is 15.1 Å². The summed E-state index contributed by atoms with van der Waals surface area (Å²) in [5, 5.41) is 7.72. The van der Waals surface area contributed by atoms with Crippen LogP contribution >= 0.6 is 0 Å². The second-order valence-electron chi connectivity index (χ2n) is 4.67. The second-order valence-corrected chi connectivity index (χ2v) is 4.67. The molecule has 1 aliphatic heterocycles. The van der Waals surface area contributed by atoms with Gasteiger partial charge in [-0.3, -0.25) is 0 Å². The quantitative estimate of drug-likeness (QED) is 0.853. The normalized spacial score (nSPS) is 19.7. The Morgan fingerprint density at radius 2 is 2.06 bits per heavy atom. The summed E-state index contributed by atoms with van der Waals surface area (Å²) in [4.78, 5) is 0. The standard InChI is InChI=1S/C14H17N3/c1-11-6-9-16-17(11)14-4-2-12(3-5-14)13-7-8-15-10-13/h2-6,9,13,15H,7-8,10H2,1H3. The van der Waals surface area contributed by atoms with Crippen LogP contribution in [0.15, 0.2) is 36.5 Å². The summed E-state index contributed by atoms with van der Waals surface area (Å²) in [6, 6.07) is 10.8. The van der Waals surface area contributed by atoms with Crippen molar-refractivity contribution in [3.63, 3.8) is 0 Å². The van der Waals surface area contributed by atoms with E-state index >= 15 is 0 Å². The van der Waals surface area contributed by atoms with Crippen LogP contribution in [-0.4, -0.2) is 22.9 Å². The molecule has 3 heteroatoms. The number of benzene rings is 1. The molecule has 1 unspecified atom stereocenters. The minimum atomic E-state index is 0.683. The molecule has 0 spiro atoms. The van der Waals surface area contributed by atoms with E-state index in [1.807, 2.05) is 16.9 Å². The third kappa shape index (κ3) is 1.98. The van der Waals surface area contributed by atoms with Crippen LogP contribution in [0.25, 0.3) is 5.69 Å². The van der Waals surface area contributed by atoms with Gasteiger partial charge in [-0.1, -0.05) is 12.1 Å². The first-order valence-electron chi connectivity index (χ1n) is 6.16. The molecule has 1 N–H and O–H groups in total. The van der Waals surface area contributed by atoms with Crippen LogP contribution in [0.5, 0.6) is 0 Å². The van der Waals surface area contributed by atoms with Crippen molar-refractivity contribution in [2.75, 3.05) is 13.1 Å². The molecule has 0 amide bonds. The zero-order valence-electron chi connectivity index (χ0n) is 10.1.